The van der Waals surface area contributed by atoms with E-state index in [0.29, 0.717) is 5.75 Å². The van der Waals surface area contributed by atoms with Crippen molar-refractivity contribution in [2.24, 2.45) is 0 Å². The van der Waals surface area contributed by atoms with Gasteiger partial charge in [-0.15, -0.1) is 0 Å². The van der Waals surface area contributed by atoms with Crippen molar-refractivity contribution in [3.63, 3.8) is 0 Å². The molecule has 90 valence electrons. The summed E-state index contributed by atoms with van der Waals surface area (Å²) in [6.45, 7) is 12.2. The van der Waals surface area contributed by atoms with E-state index >= 15 is 0 Å². The SMILES string of the molecule is CC(C)(C)N(C(CS)C(=O)O)C(C)(C)C. The third-order valence-electron chi connectivity index (χ3n) is 2.22. The van der Waals surface area contributed by atoms with Crippen molar-refractivity contribution in [1.29, 1.82) is 0 Å². The Morgan fingerprint density at radius 2 is 1.53 bits per heavy atom. The minimum absolute atomic E-state index is 0.190. The summed E-state index contributed by atoms with van der Waals surface area (Å²) < 4.78 is 0. The number of hydrogen-bond acceptors (Lipinski definition) is 3. The van der Waals surface area contributed by atoms with Gasteiger partial charge in [0, 0.05) is 16.8 Å². The zero-order chi connectivity index (χ0) is 12.4. The molecule has 0 saturated carbocycles. The van der Waals surface area contributed by atoms with E-state index in [4.69, 9.17) is 0 Å². The van der Waals surface area contributed by atoms with E-state index in [-0.39, 0.29) is 11.1 Å². The molecule has 0 rings (SSSR count). The van der Waals surface area contributed by atoms with Crippen molar-refractivity contribution in [3.8, 4) is 0 Å². The Morgan fingerprint density at radius 1 is 1.20 bits per heavy atom. The summed E-state index contributed by atoms with van der Waals surface area (Å²) in [6, 6.07) is -0.548. The minimum Gasteiger partial charge on any atom is -0.480 e. The molecule has 0 fully saturated rings. The molecule has 3 nitrogen and oxygen atoms in total. The summed E-state index contributed by atoms with van der Waals surface area (Å²) in [5, 5.41) is 9.18. The van der Waals surface area contributed by atoms with Crippen LogP contribution in [-0.2, 0) is 4.79 Å². The molecule has 0 spiro atoms. The van der Waals surface area contributed by atoms with E-state index in [9.17, 15) is 9.90 Å². The van der Waals surface area contributed by atoms with Gasteiger partial charge >= 0.3 is 5.97 Å². The maximum absolute atomic E-state index is 11.2. The Balaban J connectivity index is 5.19. The second-order valence-corrected chi connectivity index (χ2v) is 6.11. The largest absolute Gasteiger partial charge is 0.480 e. The fourth-order valence-corrected chi connectivity index (χ4v) is 2.53. The number of aliphatic carboxylic acids is 1. The van der Waals surface area contributed by atoms with Crippen molar-refractivity contribution in [2.75, 3.05) is 5.75 Å². The molecule has 0 heterocycles. The molecule has 0 aromatic heterocycles. The van der Waals surface area contributed by atoms with Crippen LogP contribution in [0.4, 0.5) is 0 Å². The maximum atomic E-state index is 11.2. The Kier molecular flexibility index (Phi) is 4.67. The first kappa shape index (κ1) is 14.8. The lowest BCUT2D eigenvalue weighted by atomic mass is 9.93. The molecule has 0 aliphatic carbocycles. The average Bonchev–Trinajstić information content (AvgIpc) is 1.93. The molecular formula is C11H23NO2S. The van der Waals surface area contributed by atoms with Gasteiger partial charge < -0.3 is 5.11 Å². The van der Waals surface area contributed by atoms with Crippen LogP contribution in [0, 0.1) is 0 Å². The molecule has 0 aliphatic rings. The first-order chi connectivity index (χ1) is 6.51. The molecule has 0 aliphatic heterocycles. The van der Waals surface area contributed by atoms with Crippen LogP contribution in [0.2, 0.25) is 0 Å². The Bertz CT molecular complexity index is 214. The summed E-state index contributed by atoms with van der Waals surface area (Å²) in [6.07, 6.45) is 0. The quantitative estimate of drug-likeness (QED) is 0.735. The van der Waals surface area contributed by atoms with Crippen LogP contribution in [-0.4, -0.2) is 38.8 Å². The van der Waals surface area contributed by atoms with E-state index in [1.165, 1.54) is 0 Å². The number of carbonyl (C=O) groups is 1. The molecular weight excluding hydrogens is 210 g/mol. The first-order valence-electron chi connectivity index (χ1n) is 5.15. The Morgan fingerprint density at radius 3 is 1.60 bits per heavy atom. The molecule has 1 unspecified atom stereocenters. The highest BCUT2D eigenvalue weighted by atomic mass is 32.1. The molecule has 0 aromatic rings. The Hall–Kier alpha value is -0.220. The highest BCUT2D eigenvalue weighted by Gasteiger charge is 2.39. The van der Waals surface area contributed by atoms with E-state index in [0.717, 1.165) is 0 Å². The van der Waals surface area contributed by atoms with E-state index in [1.807, 2.05) is 46.4 Å². The number of hydrogen-bond donors (Lipinski definition) is 2. The van der Waals surface area contributed by atoms with Crippen molar-refractivity contribution < 1.29 is 9.90 Å². The zero-order valence-corrected chi connectivity index (χ0v) is 11.4. The van der Waals surface area contributed by atoms with Gasteiger partial charge in [-0.25, -0.2) is 0 Å². The number of carboxylic acid groups (broad SMARTS) is 1. The standard InChI is InChI=1S/C11H23NO2S/c1-10(2,3)12(11(4,5)6)8(7-15)9(13)14/h8,15H,7H2,1-6H3,(H,13,14). The second kappa shape index (κ2) is 4.74. The van der Waals surface area contributed by atoms with Gasteiger partial charge in [0.25, 0.3) is 0 Å². The van der Waals surface area contributed by atoms with Crippen LogP contribution in [0.5, 0.6) is 0 Å². The molecule has 1 N–H and O–H groups in total. The molecule has 4 heteroatoms. The lowest BCUT2D eigenvalue weighted by Gasteiger charge is -2.48. The lowest BCUT2D eigenvalue weighted by Crippen LogP contribution is -2.60. The maximum Gasteiger partial charge on any atom is 0.321 e. The van der Waals surface area contributed by atoms with Gasteiger partial charge in [0.1, 0.15) is 6.04 Å². The fraction of sp³-hybridized carbons (Fsp3) is 0.909. The van der Waals surface area contributed by atoms with E-state index in [1.54, 1.807) is 0 Å². The van der Waals surface area contributed by atoms with Gasteiger partial charge in [0.2, 0.25) is 0 Å². The van der Waals surface area contributed by atoms with Crippen LogP contribution < -0.4 is 0 Å². The highest BCUT2D eigenvalue weighted by Crippen LogP contribution is 2.28. The van der Waals surface area contributed by atoms with Gasteiger partial charge in [-0.2, -0.15) is 12.6 Å². The smallest absolute Gasteiger partial charge is 0.321 e. The predicted octanol–water partition coefficient (Wildman–Crippen LogP) is 2.27. The number of carboxylic acids is 1. The average molecular weight is 233 g/mol. The van der Waals surface area contributed by atoms with Crippen molar-refractivity contribution >= 4 is 18.6 Å². The molecule has 0 saturated heterocycles. The van der Waals surface area contributed by atoms with E-state index < -0.39 is 12.0 Å². The van der Waals surface area contributed by atoms with Gasteiger partial charge in [-0.05, 0) is 41.5 Å². The minimum atomic E-state index is -0.810. The lowest BCUT2D eigenvalue weighted by molar-refractivity contribution is -0.148. The number of nitrogens with zero attached hydrogens (tertiary/aromatic N) is 1. The number of rotatable bonds is 3. The van der Waals surface area contributed by atoms with Crippen LogP contribution in [0.1, 0.15) is 41.5 Å². The fourth-order valence-electron chi connectivity index (χ4n) is 2.21. The molecule has 0 amide bonds. The predicted molar refractivity (Wildman–Crippen MR) is 66.6 cm³/mol. The third-order valence-corrected chi connectivity index (χ3v) is 2.56. The molecule has 0 radical (unpaired) electrons. The van der Waals surface area contributed by atoms with E-state index in [2.05, 4.69) is 12.6 Å². The first-order valence-corrected chi connectivity index (χ1v) is 5.78. The van der Waals surface area contributed by atoms with Crippen LogP contribution in [0.15, 0.2) is 0 Å². The molecule has 1 atom stereocenters. The summed E-state index contributed by atoms with van der Waals surface area (Å²) >= 11 is 4.14. The van der Waals surface area contributed by atoms with Gasteiger partial charge in [-0.1, -0.05) is 0 Å². The molecule has 15 heavy (non-hydrogen) atoms. The van der Waals surface area contributed by atoms with Gasteiger partial charge in [0.05, 0.1) is 0 Å². The number of thiol groups is 1. The zero-order valence-electron chi connectivity index (χ0n) is 10.5. The highest BCUT2D eigenvalue weighted by molar-refractivity contribution is 7.80. The normalized spacial score (nSPS) is 15.5. The van der Waals surface area contributed by atoms with Crippen LogP contribution in [0.3, 0.4) is 0 Å². The Labute approximate surface area is 98.3 Å². The summed E-state index contributed by atoms with van der Waals surface area (Å²) in [7, 11) is 0. The van der Waals surface area contributed by atoms with Crippen molar-refractivity contribution in [3.05, 3.63) is 0 Å². The van der Waals surface area contributed by atoms with Crippen LogP contribution in [0.25, 0.3) is 0 Å². The van der Waals surface area contributed by atoms with Gasteiger partial charge in [-0.3, -0.25) is 9.69 Å². The summed E-state index contributed by atoms with van der Waals surface area (Å²) in [4.78, 5) is 13.2. The van der Waals surface area contributed by atoms with Crippen molar-refractivity contribution in [2.45, 2.75) is 58.7 Å². The summed E-state index contributed by atoms with van der Waals surface area (Å²) in [5.41, 5.74) is -0.381. The molecule has 0 aromatic carbocycles. The van der Waals surface area contributed by atoms with Crippen LogP contribution >= 0.6 is 12.6 Å². The molecule has 0 bridgehead atoms. The van der Waals surface area contributed by atoms with Crippen molar-refractivity contribution in [1.82, 2.24) is 4.90 Å². The second-order valence-electron chi connectivity index (χ2n) is 5.75. The topological polar surface area (TPSA) is 40.5 Å². The summed E-state index contributed by atoms with van der Waals surface area (Å²) in [5.74, 6) is -0.487. The monoisotopic (exact) mass is 233 g/mol. The van der Waals surface area contributed by atoms with Gasteiger partial charge in [0.15, 0.2) is 0 Å². The third kappa shape index (κ3) is 4.03.